The minimum Gasteiger partial charge on any atom is -0.478 e. The number of carboxylic acid groups (broad SMARTS) is 1. The van der Waals surface area contributed by atoms with Gasteiger partial charge in [0.25, 0.3) is 0 Å². The van der Waals surface area contributed by atoms with E-state index in [1.54, 1.807) is 17.0 Å². The predicted molar refractivity (Wildman–Crippen MR) is 105 cm³/mol. The maximum Gasteiger partial charge on any atom is 0.410 e. The zero-order chi connectivity index (χ0) is 20.3. The molecule has 0 aliphatic carbocycles. The number of benzene rings is 1. The van der Waals surface area contributed by atoms with E-state index in [9.17, 15) is 9.59 Å². The first-order chi connectivity index (χ1) is 12.3. The summed E-state index contributed by atoms with van der Waals surface area (Å²) in [6, 6.07) is 7.02. The average molecular weight is 367 g/mol. The molecule has 148 valence electrons. The van der Waals surface area contributed by atoms with Gasteiger partial charge in [0.2, 0.25) is 0 Å². The number of carboxylic acids is 1. The number of hydrogen-bond donors (Lipinski definition) is 2. The fraction of sp³-hybridized carbons (Fsp3) is 0.600. The van der Waals surface area contributed by atoms with Crippen LogP contribution in [0.5, 0.6) is 0 Å². The highest BCUT2D eigenvalue weighted by molar-refractivity contribution is 5.87. The Kier molecular flexibility index (Phi) is 10.6. The molecule has 1 fully saturated rings. The van der Waals surface area contributed by atoms with Crippen LogP contribution >= 0.6 is 0 Å². The van der Waals surface area contributed by atoms with Gasteiger partial charge in [-0.3, -0.25) is 0 Å². The number of amides is 1. The maximum atomic E-state index is 12.0. The minimum atomic E-state index is -0.911. The van der Waals surface area contributed by atoms with Gasteiger partial charge < -0.3 is 20.5 Å². The van der Waals surface area contributed by atoms with Crippen molar-refractivity contribution in [2.75, 3.05) is 20.1 Å². The van der Waals surface area contributed by atoms with Crippen molar-refractivity contribution in [1.82, 2.24) is 4.90 Å². The van der Waals surface area contributed by atoms with Gasteiger partial charge in [-0.25, -0.2) is 9.59 Å². The fourth-order valence-electron chi connectivity index (χ4n) is 2.62. The van der Waals surface area contributed by atoms with Gasteiger partial charge in [0.1, 0.15) is 5.60 Å². The monoisotopic (exact) mass is 366 g/mol. The van der Waals surface area contributed by atoms with Crippen molar-refractivity contribution in [2.45, 2.75) is 59.0 Å². The van der Waals surface area contributed by atoms with Crippen LogP contribution < -0.4 is 5.73 Å². The molecule has 0 saturated carbocycles. The molecule has 1 saturated heterocycles. The second kappa shape index (κ2) is 11.5. The van der Waals surface area contributed by atoms with E-state index in [0.29, 0.717) is 24.6 Å². The fourth-order valence-corrected chi connectivity index (χ4v) is 2.62. The molecule has 0 unspecified atom stereocenters. The molecule has 1 aromatic carbocycles. The summed E-state index contributed by atoms with van der Waals surface area (Å²) in [4.78, 5) is 24.6. The Bertz CT molecular complexity index is 542. The van der Waals surface area contributed by atoms with Crippen molar-refractivity contribution in [3.63, 3.8) is 0 Å². The summed E-state index contributed by atoms with van der Waals surface area (Å²) in [6.07, 6.45) is 1.48. The quantitative estimate of drug-likeness (QED) is 0.822. The topological polar surface area (TPSA) is 92.9 Å². The maximum absolute atomic E-state index is 12.0. The van der Waals surface area contributed by atoms with Crippen molar-refractivity contribution >= 4 is 12.1 Å². The van der Waals surface area contributed by atoms with E-state index < -0.39 is 11.6 Å². The predicted octanol–water partition coefficient (Wildman–Crippen LogP) is 4.10. The second-order valence-corrected chi connectivity index (χ2v) is 6.67. The van der Waals surface area contributed by atoms with Crippen molar-refractivity contribution in [3.05, 3.63) is 35.4 Å². The smallest absolute Gasteiger partial charge is 0.410 e. The number of nitrogens with two attached hydrogens (primary N) is 1. The highest BCUT2D eigenvalue weighted by atomic mass is 16.6. The van der Waals surface area contributed by atoms with Crippen molar-refractivity contribution < 1.29 is 19.4 Å². The molecule has 1 amide bonds. The van der Waals surface area contributed by atoms with E-state index in [2.05, 4.69) is 5.73 Å². The first-order valence-electron chi connectivity index (χ1n) is 9.15. The molecule has 6 heteroatoms. The Morgan fingerprint density at radius 2 is 1.54 bits per heavy atom. The van der Waals surface area contributed by atoms with Gasteiger partial charge in [-0.05, 0) is 64.3 Å². The van der Waals surface area contributed by atoms with Gasteiger partial charge in [-0.2, -0.15) is 0 Å². The number of rotatable bonds is 2. The lowest BCUT2D eigenvalue weighted by Gasteiger charge is -2.33. The molecule has 0 aromatic heterocycles. The van der Waals surface area contributed by atoms with E-state index >= 15 is 0 Å². The molecule has 1 aliphatic rings. The van der Waals surface area contributed by atoms with E-state index in [0.717, 1.165) is 18.4 Å². The summed E-state index contributed by atoms with van der Waals surface area (Å²) in [5.41, 5.74) is 5.46. The third-order valence-corrected chi connectivity index (χ3v) is 3.78. The molecule has 0 atom stereocenters. The van der Waals surface area contributed by atoms with Crippen LogP contribution in [-0.4, -0.2) is 47.8 Å². The Morgan fingerprint density at radius 1 is 1.08 bits per heavy atom. The first-order valence-corrected chi connectivity index (χ1v) is 9.15. The molecule has 6 nitrogen and oxygen atoms in total. The number of nitrogens with zero attached hydrogens (tertiary/aromatic N) is 1. The largest absolute Gasteiger partial charge is 0.478 e. The number of hydrogen-bond acceptors (Lipinski definition) is 4. The van der Waals surface area contributed by atoms with E-state index in [1.165, 1.54) is 7.05 Å². The summed E-state index contributed by atoms with van der Waals surface area (Å²) in [5, 5.41) is 8.92. The molecule has 1 aromatic rings. The van der Waals surface area contributed by atoms with Crippen LogP contribution in [0, 0.1) is 0 Å². The van der Waals surface area contributed by atoms with E-state index in [4.69, 9.17) is 9.84 Å². The van der Waals surface area contributed by atoms with Crippen LogP contribution in [-0.2, 0) is 4.74 Å². The third kappa shape index (κ3) is 7.87. The number of carbonyl (C=O) groups excluding carboxylic acids is 1. The Balaban J connectivity index is 0.00000146. The lowest BCUT2D eigenvalue weighted by Crippen LogP contribution is -2.41. The van der Waals surface area contributed by atoms with Crippen LogP contribution in [0.2, 0.25) is 0 Å². The van der Waals surface area contributed by atoms with Crippen LogP contribution in [0.1, 0.15) is 69.3 Å². The summed E-state index contributed by atoms with van der Waals surface area (Å²) < 4.78 is 5.38. The highest BCUT2D eigenvalue weighted by Gasteiger charge is 2.27. The Labute approximate surface area is 157 Å². The molecule has 2 rings (SSSR count). The van der Waals surface area contributed by atoms with E-state index in [1.807, 2.05) is 46.8 Å². The lowest BCUT2D eigenvalue weighted by atomic mass is 9.89. The van der Waals surface area contributed by atoms with Crippen molar-refractivity contribution in [1.29, 1.82) is 0 Å². The number of piperidine rings is 1. The second-order valence-electron chi connectivity index (χ2n) is 6.67. The van der Waals surface area contributed by atoms with Crippen LogP contribution in [0.25, 0.3) is 0 Å². The molecule has 3 N–H and O–H groups in total. The SMILES string of the molecule is CC.CC(C)(C)OC(=O)N1CCC(c2ccc(C(=O)O)cc2)CC1.CN. The van der Waals surface area contributed by atoms with Crippen molar-refractivity contribution in [2.24, 2.45) is 5.73 Å². The van der Waals surface area contributed by atoms with Gasteiger partial charge in [-0.1, -0.05) is 26.0 Å². The molecule has 26 heavy (non-hydrogen) atoms. The zero-order valence-corrected chi connectivity index (χ0v) is 16.9. The Morgan fingerprint density at radius 3 is 1.92 bits per heavy atom. The van der Waals surface area contributed by atoms with Crippen molar-refractivity contribution in [3.8, 4) is 0 Å². The third-order valence-electron chi connectivity index (χ3n) is 3.78. The van der Waals surface area contributed by atoms with Gasteiger partial charge in [0.05, 0.1) is 5.56 Å². The standard InChI is InChI=1S/C17H23NO4.C2H6.CH5N/c1-17(2,3)22-16(21)18-10-8-13(9-11-18)12-4-6-14(7-5-12)15(19)20;2*1-2/h4-7,13H,8-11H2,1-3H3,(H,19,20);1-2H3;2H2,1H3. The lowest BCUT2D eigenvalue weighted by molar-refractivity contribution is 0.0204. The van der Waals surface area contributed by atoms with Gasteiger partial charge in [0, 0.05) is 13.1 Å². The Hall–Kier alpha value is -2.08. The number of ether oxygens (including phenoxy) is 1. The zero-order valence-electron chi connectivity index (χ0n) is 16.9. The molecule has 0 radical (unpaired) electrons. The number of carbonyl (C=O) groups is 2. The molecule has 0 spiro atoms. The molecule has 0 bridgehead atoms. The number of aromatic carboxylic acids is 1. The van der Waals surface area contributed by atoms with Crippen LogP contribution in [0.15, 0.2) is 24.3 Å². The summed E-state index contributed by atoms with van der Waals surface area (Å²) in [7, 11) is 1.50. The average Bonchev–Trinajstić information content (AvgIpc) is 2.64. The van der Waals surface area contributed by atoms with Gasteiger partial charge in [-0.15, -0.1) is 0 Å². The van der Waals surface area contributed by atoms with Gasteiger partial charge >= 0.3 is 12.1 Å². The molecular weight excluding hydrogens is 332 g/mol. The minimum absolute atomic E-state index is 0.257. The van der Waals surface area contributed by atoms with Crippen LogP contribution in [0.4, 0.5) is 4.79 Å². The normalized spacial score (nSPS) is 14.3. The molecule has 1 heterocycles. The summed E-state index contributed by atoms with van der Waals surface area (Å²) in [5.74, 6) is -0.548. The van der Waals surface area contributed by atoms with E-state index in [-0.39, 0.29) is 6.09 Å². The highest BCUT2D eigenvalue weighted by Crippen LogP contribution is 2.28. The van der Waals surface area contributed by atoms with Gasteiger partial charge in [0.15, 0.2) is 0 Å². The first kappa shape index (κ1) is 23.9. The summed E-state index contributed by atoms with van der Waals surface area (Å²) >= 11 is 0. The number of likely N-dealkylation sites (tertiary alicyclic amines) is 1. The summed E-state index contributed by atoms with van der Waals surface area (Å²) in [6.45, 7) is 10.9. The molecule has 1 aliphatic heterocycles. The van der Waals surface area contributed by atoms with Crippen LogP contribution in [0.3, 0.4) is 0 Å². The molecular formula is C20H34N2O4.